The van der Waals surface area contributed by atoms with E-state index in [-0.39, 0.29) is 11.7 Å². The molecule has 0 unspecified atom stereocenters. The summed E-state index contributed by atoms with van der Waals surface area (Å²) in [6.45, 7) is 0.499. The lowest BCUT2D eigenvalue weighted by molar-refractivity contribution is 0.0953. The second-order valence-corrected chi connectivity index (χ2v) is 4.87. The van der Waals surface area contributed by atoms with Crippen LogP contribution in [0.3, 0.4) is 0 Å². The van der Waals surface area contributed by atoms with Gasteiger partial charge in [0.05, 0.1) is 3.57 Å². The molecule has 1 aromatic heterocycles. The van der Waals surface area contributed by atoms with E-state index in [1.807, 2.05) is 22.6 Å². The molecule has 0 aliphatic rings. The van der Waals surface area contributed by atoms with E-state index >= 15 is 0 Å². The van der Waals surface area contributed by atoms with E-state index < -0.39 is 0 Å². The van der Waals surface area contributed by atoms with Crippen molar-refractivity contribution in [2.24, 2.45) is 0 Å². The zero-order valence-electron chi connectivity index (χ0n) is 9.48. The van der Waals surface area contributed by atoms with Crippen LogP contribution in [0, 0.1) is 3.57 Å². The molecule has 3 N–H and O–H groups in total. The van der Waals surface area contributed by atoms with Gasteiger partial charge >= 0.3 is 0 Å². The molecule has 1 heterocycles. The Labute approximate surface area is 118 Å². The molecular weight excluding hydrogens is 345 g/mol. The van der Waals surface area contributed by atoms with Gasteiger partial charge < -0.3 is 15.4 Å². The minimum absolute atomic E-state index is 0.120. The van der Waals surface area contributed by atoms with Crippen molar-refractivity contribution in [2.45, 2.75) is 6.42 Å². The van der Waals surface area contributed by atoms with Crippen molar-refractivity contribution >= 4 is 28.5 Å². The lowest BCUT2D eigenvalue weighted by atomic mass is 10.2. The van der Waals surface area contributed by atoms with Gasteiger partial charge in [0.15, 0.2) is 0 Å². The molecule has 0 saturated heterocycles. The molecule has 0 fully saturated rings. The Morgan fingerprint density at radius 1 is 1.50 bits per heavy atom. The molecule has 0 spiro atoms. The number of amides is 1. The highest BCUT2D eigenvalue weighted by Crippen LogP contribution is 2.20. The molecule has 0 radical (unpaired) electrons. The van der Waals surface area contributed by atoms with Gasteiger partial charge in [0.2, 0.25) is 0 Å². The van der Waals surface area contributed by atoms with E-state index in [1.165, 1.54) is 6.07 Å². The Bertz CT molecular complexity index is 540. The van der Waals surface area contributed by atoms with Gasteiger partial charge in [-0.15, -0.1) is 0 Å². The number of H-pyrrole nitrogens is 1. The summed E-state index contributed by atoms with van der Waals surface area (Å²) in [5.74, 6) is 0.753. The highest BCUT2D eigenvalue weighted by atomic mass is 127. The summed E-state index contributed by atoms with van der Waals surface area (Å²) >= 11 is 2.01. The van der Waals surface area contributed by atoms with Gasteiger partial charge in [-0.1, -0.05) is 0 Å². The number of rotatable bonds is 4. The summed E-state index contributed by atoms with van der Waals surface area (Å²) in [5.41, 5.74) is 0.451. The summed E-state index contributed by atoms with van der Waals surface area (Å²) in [4.78, 5) is 18.8. The highest BCUT2D eigenvalue weighted by molar-refractivity contribution is 14.1. The smallest absolute Gasteiger partial charge is 0.251 e. The first-order chi connectivity index (χ1) is 8.66. The van der Waals surface area contributed by atoms with E-state index in [1.54, 1.807) is 24.5 Å². The fraction of sp³-hybridized carbons (Fsp3) is 0.167. The number of benzene rings is 1. The molecule has 94 valence electrons. The van der Waals surface area contributed by atoms with E-state index in [0.717, 1.165) is 9.39 Å². The number of hydrogen-bond acceptors (Lipinski definition) is 3. The van der Waals surface area contributed by atoms with Crippen LogP contribution in [0.4, 0.5) is 0 Å². The van der Waals surface area contributed by atoms with E-state index in [2.05, 4.69) is 15.3 Å². The maximum atomic E-state index is 11.8. The molecule has 2 rings (SSSR count). The summed E-state index contributed by atoms with van der Waals surface area (Å²) in [6, 6.07) is 4.85. The first-order valence-electron chi connectivity index (χ1n) is 5.42. The normalized spacial score (nSPS) is 10.3. The lowest BCUT2D eigenvalue weighted by Gasteiger charge is -2.05. The topological polar surface area (TPSA) is 78.0 Å². The fourth-order valence-corrected chi connectivity index (χ4v) is 1.82. The average molecular weight is 357 g/mol. The van der Waals surface area contributed by atoms with Crippen molar-refractivity contribution in [1.29, 1.82) is 0 Å². The first-order valence-corrected chi connectivity index (χ1v) is 6.49. The van der Waals surface area contributed by atoms with Crippen molar-refractivity contribution in [3.8, 4) is 5.75 Å². The van der Waals surface area contributed by atoms with Crippen molar-refractivity contribution < 1.29 is 9.90 Å². The number of carbonyl (C=O) groups is 1. The van der Waals surface area contributed by atoms with Gasteiger partial charge in [-0.25, -0.2) is 4.98 Å². The van der Waals surface area contributed by atoms with Crippen LogP contribution in [-0.4, -0.2) is 27.5 Å². The molecule has 0 atom stereocenters. The molecule has 6 heteroatoms. The van der Waals surface area contributed by atoms with Crippen LogP contribution in [0.1, 0.15) is 16.2 Å². The quantitative estimate of drug-likeness (QED) is 0.729. The predicted molar refractivity (Wildman–Crippen MR) is 75.4 cm³/mol. The summed E-state index contributed by atoms with van der Waals surface area (Å²) in [7, 11) is 0. The van der Waals surface area contributed by atoms with Crippen molar-refractivity contribution in [2.75, 3.05) is 6.54 Å². The lowest BCUT2D eigenvalue weighted by Crippen LogP contribution is -2.25. The minimum Gasteiger partial charge on any atom is -0.507 e. The van der Waals surface area contributed by atoms with E-state index in [4.69, 9.17) is 0 Å². The molecule has 18 heavy (non-hydrogen) atoms. The summed E-state index contributed by atoms with van der Waals surface area (Å²) in [5, 5.41) is 12.3. The van der Waals surface area contributed by atoms with Crippen molar-refractivity contribution in [1.82, 2.24) is 15.3 Å². The Kier molecular flexibility index (Phi) is 4.19. The Morgan fingerprint density at radius 2 is 2.33 bits per heavy atom. The van der Waals surface area contributed by atoms with Crippen LogP contribution in [-0.2, 0) is 6.42 Å². The number of carbonyl (C=O) groups excluding carboxylic acids is 1. The third-order valence-electron chi connectivity index (χ3n) is 2.41. The number of aromatic amines is 1. The molecular formula is C12H12IN3O2. The number of nitrogens with zero attached hydrogens (tertiary/aromatic N) is 1. The standard InChI is InChI=1S/C12H12IN3O2/c13-9-2-1-8(7-10(9)17)12(18)16-4-3-11-14-5-6-15-11/h1-2,5-7,17H,3-4H2,(H,14,15)(H,16,18). The number of imidazole rings is 1. The third-order valence-corrected chi connectivity index (χ3v) is 3.32. The molecule has 0 bridgehead atoms. The number of hydrogen-bond donors (Lipinski definition) is 3. The molecule has 0 aliphatic heterocycles. The monoisotopic (exact) mass is 357 g/mol. The van der Waals surface area contributed by atoms with Gasteiger partial charge in [-0.2, -0.15) is 0 Å². The number of nitrogens with one attached hydrogen (secondary N) is 2. The van der Waals surface area contributed by atoms with Gasteiger partial charge in [0.1, 0.15) is 11.6 Å². The van der Waals surface area contributed by atoms with Crippen LogP contribution in [0.25, 0.3) is 0 Å². The molecule has 1 aromatic carbocycles. The first kappa shape index (κ1) is 12.9. The number of aromatic nitrogens is 2. The SMILES string of the molecule is O=C(NCCc1ncc[nH]1)c1ccc(I)c(O)c1. The number of phenols is 1. The third kappa shape index (κ3) is 3.22. The van der Waals surface area contributed by atoms with E-state index in [9.17, 15) is 9.90 Å². The van der Waals surface area contributed by atoms with Crippen molar-refractivity contribution in [3.63, 3.8) is 0 Å². The summed E-state index contributed by atoms with van der Waals surface area (Å²) < 4.78 is 0.722. The Hall–Kier alpha value is -1.57. The molecule has 5 nitrogen and oxygen atoms in total. The van der Waals surface area contributed by atoms with Crippen LogP contribution in [0.2, 0.25) is 0 Å². The zero-order chi connectivity index (χ0) is 13.0. The van der Waals surface area contributed by atoms with Gasteiger partial charge in [-0.3, -0.25) is 4.79 Å². The second kappa shape index (κ2) is 5.85. The Balaban J connectivity index is 1.89. The molecule has 1 amide bonds. The number of phenolic OH excluding ortho intramolecular Hbond substituents is 1. The second-order valence-electron chi connectivity index (χ2n) is 3.71. The van der Waals surface area contributed by atoms with Gasteiger partial charge in [0, 0.05) is 30.9 Å². The highest BCUT2D eigenvalue weighted by Gasteiger charge is 2.07. The predicted octanol–water partition coefficient (Wildman–Crippen LogP) is 1.69. The fourth-order valence-electron chi connectivity index (χ4n) is 1.49. The maximum absolute atomic E-state index is 11.8. The van der Waals surface area contributed by atoms with Crippen LogP contribution >= 0.6 is 22.6 Å². The van der Waals surface area contributed by atoms with Crippen LogP contribution < -0.4 is 5.32 Å². The van der Waals surface area contributed by atoms with Gasteiger partial charge in [-0.05, 0) is 40.8 Å². The number of aromatic hydroxyl groups is 1. The zero-order valence-corrected chi connectivity index (χ0v) is 11.6. The van der Waals surface area contributed by atoms with E-state index in [0.29, 0.717) is 18.5 Å². The van der Waals surface area contributed by atoms with Crippen LogP contribution in [0.15, 0.2) is 30.6 Å². The van der Waals surface area contributed by atoms with Gasteiger partial charge in [0.25, 0.3) is 5.91 Å². The largest absolute Gasteiger partial charge is 0.507 e. The average Bonchev–Trinajstić information content (AvgIpc) is 2.85. The molecule has 0 aliphatic carbocycles. The van der Waals surface area contributed by atoms with Crippen molar-refractivity contribution in [3.05, 3.63) is 45.6 Å². The molecule has 0 saturated carbocycles. The summed E-state index contributed by atoms with van der Waals surface area (Å²) in [6.07, 6.45) is 4.07. The minimum atomic E-state index is -0.201. The maximum Gasteiger partial charge on any atom is 0.251 e. The van der Waals surface area contributed by atoms with Crippen LogP contribution in [0.5, 0.6) is 5.75 Å². The number of halogens is 1. The Morgan fingerprint density at radius 3 is 3.00 bits per heavy atom. The molecule has 2 aromatic rings.